The summed E-state index contributed by atoms with van der Waals surface area (Å²) in [6.07, 6.45) is 1.92. The van der Waals surface area contributed by atoms with Gasteiger partial charge in [-0.2, -0.15) is 0 Å². The first kappa shape index (κ1) is 16.4. The van der Waals surface area contributed by atoms with Gasteiger partial charge in [0.1, 0.15) is 10.7 Å². The molecule has 1 aromatic rings. The van der Waals surface area contributed by atoms with Gasteiger partial charge in [0.15, 0.2) is 0 Å². The largest absolute Gasteiger partial charge is 0.343 e. The summed E-state index contributed by atoms with van der Waals surface area (Å²) in [7, 11) is -3.87. The maximum Gasteiger partial charge on any atom is 0.243 e. The minimum absolute atomic E-state index is 0.108. The van der Waals surface area contributed by atoms with Crippen LogP contribution in [0.4, 0.5) is 4.39 Å². The summed E-state index contributed by atoms with van der Waals surface area (Å²) in [6.45, 7) is 1.42. The van der Waals surface area contributed by atoms with E-state index in [0.717, 1.165) is 19.0 Å². The average Bonchev–Trinajstić information content (AvgIpc) is 2.80. The molecule has 0 unspecified atom stereocenters. The molecule has 0 aromatic heterocycles. The van der Waals surface area contributed by atoms with E-state index in [9.17, 15) is 17.6 Å². The number of sulfonamides is 1. The molecule has 1 aromatic carbocycles. The van der Waals surface area contributed by atoms with Crippen LogP contribution in [0.2, 0.25) is 0 Å². The van der Waals surface area contributed by atoms with Crippen LogP contribution < -0.4 is 4.72 Å². The number of hydrogen-bond acceptors (Lipinski definition) is 3. The highest BCUT2D eigenvalue weighted by molar-refractivity contribution is 9.10. The Hall–Kier alpha value is -0.990. The van der Waals surface area contributed by atoms with Crippen LogP contribution in [0.3, 0.4) is 0 Å². The highest BCUT2D eigenvalue weighted by atomic mass is 79.9. The number of hydrogen-bond donors (Lipinski definition) is 1. The molecule has 1 amide bonds. The molecule has 1 saturated heterocycles. The molecular formula is C13H16BrFN2O3S. The first-order valence-corrected chi connectivity index (χ1v) is 8.90. The molecule has 0 saturated carbocycles. The van der Waals surface area contributed by atoms with Gasteiger partial charge < -0.3 is 4.90 Å². The van der Waals surface area contributed by atoms with Gasteiger partial charge in [-0.15, -0.1) is 0 Å². The molecule has 1 N–H and O–H groups in total. The number of halogens is 2. The molecule has 116 valence electrons. The van der Waals surface area contributed by atoms with Crippen LogP contribution in [0.5, 0.6) is 0 Å². The number of rotatable bonds is 6. The number of amides is 1. The molecule has 0 atom stereocenters. The first-order chi connectivity index (χ1) is 9.90. The molecule has 1 aliphatic heterocycles. The summed E-state index contributed by atoms with van der Waals surface area (Å²) >= 11 is 3.08. The van der Waals surface area contributed by atoms with Crippen molar-refractivity contribution in [3.8, 4) is 0 Å². The van der Waals surface area contributed by atoms with Gasteiger partial charge in [-0.1, -0.05) is 15.9 Å². The fourth-order valence-corrected chi connectivity index (χ4v) is 3.65. The Balaban J connectivity index is 1.88. The Labute approximate surface area is 131 Å². The van der Waals surface area contributed by atoms with E-state index in [1.165, 1.54) is 12.1 Å². The van der Waals surface area contributed by atoms with Crippen molar-refractivity contribution in [1.29, 1.82) is 0 Å². The minimum atomic E-state index is -3.87. The lowest BCUT2D eigenvalue weighted by Gasteiger charge is -2.15. The fraction of sp³-hybridized carbons (Fsp3) is 0.462. The van der Waals surface area contributed by atoms with Gasteiger partial charge in [0.2, 0.25) is 15.9 Å². The molecule has 1 aliphatic rings. The second-order valence-electron chi connectivity index (χ2n) is 4.81. The minimum Gasteiger partial charge on any atom is -0.343 e. The van der Waals surface area contributed by atoms with Gasteiger partial charge in [0, 0.05) is 30.5 Å². The van der Waals surface area contributed by atoms with Crippen LogP contribution in [0, 0.1) is 5.82 Å². The van der Waals surface area contributed by atoms with Crippen molar-refractivity contribution in [2.24, 2.45) is 0 Å². The highest BCUT2D eigenvalue weighted by Crippen LogP contribution is 2.19. The van der Waals surface area contributed by atoms with Crippen LogP contribution in [-0.2, 0) is 14.8 Å². The molecule has 21 heavy (non-hydrogen) atoms. The smallest absolute Gasteiger partial charge is 0.243 e. The molecular weight excluding hydrogens is 363 g/mol. The number of carbonyl (C=O) groups excluding carboxylic acids is 1. The van der Waals surface area contributed by atoms with Crippen LogP contribution >= 0.6 is 15.9 Å². The second-order valence-corrected chi connectivity index (χ2v) is 7.46. The van der Waals surface area contributed by atoms with E-state index in [-0.39, 0.29) is 17.3 Å². The monoisotopic (exact) mass is 378 g/mol. The maximum atomic E-state index is 13.7. The van der Waals surface area contributed by atoms with Crippen LogP contribution in [0.25, 0.3) is 0 Å². The summed E-state index contributed by atoms with van der Waals surface area (Å²) in [5.41, 5.74) is 0. The lowest BCUT2D eigenvalue weighted by Crippen LogP contribution is -2.31. The lowest BCUT2D eigenvalue weighted by molar-refractivity contribution is -0.127. The molecule has 8 heteroatoms. The molecule has 0 aliphatic carbocycles. The van der Waals surface area contributed by atoms with Crippen LogP contribution in [0.1, 0.15) is 19.3 Å². The predicted octanol–water partition coefficient (Wildman–Crippen LogP) is 1.88. The highest BCUT2D eigenvalue weighted by Gasteiger charge is 2.21. The number of nitrogens with zero attached hydrogens (tertiary/aromatic N) is 1. The average molecular weight is 379 g/mol. The normalized spacial score (nSPS) is 15.7. The van der Waals surface area contributed by atoms with Gasteiger partial charge in [0.05, 0.1) is 0 Å². The van der Waals surface area contributed by atoms with Gasteiger partial charge >= 0.3 is 0 Å². The third kappa shape index (κ3) is 4.24. The molecule has 0 bridgehead atoms. The molecule has 1 heterocycles. The third-order valence-electron chi connectivity index (χ3n) is 3.25. The van der Waals surface area contributed by atoms with Gasteiger partial charge in [0.25, 0.3) is 0 Å². The van der Waals surface area contributed by atoms with E-state index in [2.05, 4.69) is 20.7 Å². The Morgan fingerprint density at radius 3 is 2.76 bits per heavy atom. The van der Waals surface area contributed by atoms with E-state index < -0.39 is 15.8 Å². The second kappa shape index (κ2) is 6.85. The quantitative estimate of drug-likeness (QED) is 0.768. The third-order valence-corrected chi connectivity index (χ3v) is 5.24. The topological polar surface area (TPSA) is 66.5 Å². The van der Waals surface area contributed by atoms with Crippen LogP contribution in [-0.4, -0.2) is 38.9 Å². The van der Waals surface area contributed by atoms with E-state index in [1.54, 1.807) is 4.90 Å². The number of nitrogens with one attached hydrogen (secondary N) is 1. The van der Waals surface area contributed by atoms with E-state index in [0.29, 0.717) is 23.9 Å². The number of benzene rings is 1. The van der Waals surface area contributed by atoms with Crippen molar-refractivity contribution in [2.45, 2.75) is 24.2 Å². The van der Waals surface area contributed by atoms with Crippen molar-refractivity contribution in [3.63, 3.8) is 0 Å². The Kier molecular flexibility index (Phi) is 5.34. The van der Waals surface area contributed by atoms with Crippen molar-refractivity contribution >= 4 is 31.9 Å². The van der Waals surface area contributed by atoms with E-state index in [1.807, 2.05) is 0 Å². The Morgan fingerprint density at radius 2 is 2.14 bits per heavy atom. The zero-order valence-corrected chi connectivity index (χ0v) is 13.7. The molecule has 0 spiro atoms. The van der Waals surface area contributed by atoms with Gasteiger partial charge in [-0.3, -0.25) is 4.79 Å². The number of carbonyl (C=O) groups is 1. The van der Waals surface area contributed by atoms with Crippen molar-refractivity contribution in [1.82, 2.24) is 9.62 Å². The summed E-state index contributed by atoms with van der Waals surface area (Å²) in [4.78, 5) is 12.7. The standard InChI is InChI=1S/C13H16BrFN2O3S/c14-10-4-5-12(11(15)9-10)21(19,20)16-6-2-8-17-7-1-3-13(17)18/h4-5,9,16H,1-3,6-8H2. The van der Waals surface area contributed by atoms with Crippen molar-refractivity contribution < 1.29 is 17.6 Å². The van der Waals surface area contributed by atoms with Crippen molar-refractivity contribution in [3.05, 3.63) is 28.5 Å². The van der Waals surface area contributed by atoms with E-state index >= 15 is 0 Å². The first-order valence-electron chi connectivity index (χ1n) is 6.62. The molecule has 2 rings (SSSR count). The molecule has 0 radical (unpaired) electrons. The SMILES string of the molecule is O=C1CCCN1CCCNS(=O)(=O)c1ccc(Br)cc1F. The van der Waals surface area contributed by atoms with Gasteiger partial charge in [-0.25, -0.2) is 17.5 Å². The predicted molar refractivity (Wildman–Crippen MR) is 79.7 cm³/mol. The fourth-order valence-electron chi connectivity index (χ4n) is 2.19. The van der Waals surface area contributed by atoms with Crippen molar-refractivity contribution in [2.75, 3.05) is 19.6 Å². The maximum absolute atomic E-state index is 13.7. The lowest BCUT2D eigenvalue weighted by atomic mass is 10.3. The molecule has 1 fully saturated rings. The van der Waals surface area contributed by atoms with Crippen LogP contribution in [0.15, 0.2) is 27.6 Å². The summed E-state index contributed by atoms with van der Waals surface area (Å²) < 4.78 is 40.4. The Bertz CT molecular complexity index is 636. The van der Waals surface area contributed by atoms with E-state index in [4.69, 9.17) is 0 Å². The van der Waals surface area contributed by atoms with Gasteiger partial charge in [-0.05, 0) is 31.0 Å². The zero-order valence-electron chi connectivity index (χ0n) is 11.3. The zero-order chi connectivity index (χ0) is 15.5. The Morgan fingerprint density at radius 1 is 1.38 bits per heavy atom. The summed E-state index contributed by atoms with van der Waals surface area (Å²) in [5.74, 6) is -0.691. The summed E-state index contributed by atoms with van der Waals surface area (Å²) in [5, 5.41) is 0. The molecule has 5 nitrogen and oxygen atoms in total. The summed E-state index contributed by atoms with van der Waals surface area (Å²) in [6, 6.07) is 3.80. The number of likely N-dealkylation sites (tertiary alicyclic amines) is 1.